The van der Waals surface area contributed by atoms with Crippen molar-refractivity contribution in [3.63, 3.8) is 0 Å². The first-order valence-corrected chi connectivity index (χ1v) is 9.86. The first kappa shape index (κ1) is 15.7. The van der Waals surface area contributed by atoms with Gasteiger partial charge in [-0.15, -0.1) is 11.3 Å². The molecule has 1 heterocycles. The van der Waals surface area contributed by atoms with Crippen LogP contribution in [-0.4, -0.2) is 8.41 Å². The van der Waals surface area contributed by atoms with Crippen LogP contribution in [0.5, 0.6) is 0 Å². The quantitative estimate of drug-likeness (QED) is 0.452. The zero-order valence-corrected chi connectivity index (χ0v) is 15.4. The first-order chi connectivity index (χ1) is 8.97. The lowest BCUT2D eigenvalue weighted by Gasteiger charge is -2.43. The Bertz CT molecular complexity index is 614. The molecule has 2 rings (SSSR count). The smallest absolute Gasteiger partial charge is 0.297 e. The van der Waals surface area contributed by atoms with Crippen molar-refractivity contribution in [1.82, 2.24) is 0 Å². The average Bonchev–Trinajstić information content (AvgIpc) is 2.67. The van der Waals surface area contributed by atoms with E-state index in [1.807, 2.05) is 0 Å². The lowest BCUT2D eigenvalue weighted by molar-refractivity contribution is 0.536. The molecule has 0 atom stereocenters. The molecule has 0 amide bonds. The maximum atomic E-state index is 16.2. The molecule has 0 fully saturated rings. The predicted octanol–water partition coefficient (Wildman–Crippen LogP) is 5.93. The van der Waals surface area contributed by atoms with Crippen LogP contribution in [0.2, 0.25) is 10.1 Å². The van der Waals surface area contributed by atoms with E-state index in [1.54, 1.807) is 11.3 Å². The minimum absolute atomic E-state index is 0.304. The minimum Gasteiger partial charge on any atom is -0.306 e. The molecule has 0 radical (unpaired) electrons. The maximum Gasteiger partial charge on any atom is 0.297 e. The van der Waals surface area contributed by atoms with Crippen LogP contribution in [0, 0.1) is 6.92 Å². The molecule has 110 valence electrons. The Labute approximate surface area is 127 Å². The molecule has 0 aliphatic heterocycles. The summed E-state index contributed by atoms with van der Waals surface area (Å²) in [6, 6.07) is 8.50. The van der Waals surface area contributed by atoms with Crippen LogP contribution in [0.1, 0.15) is 47.1 Å². The van der Waals surface area contributed by atoms with E-state index >= 15 is 4.11 Å². The molecule has 0 saturated heterocycles. The highest BCUT2D eigenvalue weighted by Crippen LogP contribution is 2.52. The first-order valence-electron chi connectivity index (χ1n) is 7.16. The fourth-order valence-electron chi connectivity index (χ4n) is 3.20. The number of rotatable bonds is 1. The van der Waals surface area contributed by atoms with Crippen LogP contribution in [0.4, 0.5) is 4.11 Å². The molecule has 0 saturated carbocycles. The lowest BCUT2D eigenvalue weighted by Crippen LogP contribution is -2.56. The van der Waals surface area contributed by atoms with Gasteiger partial charge in [-0.25, -0.2) is 0 Å². The zero-order chi connectivity index (χ0) is 15.3. The molecular formula is C17H25FSSi. The van der Waals surface area contributed by atoms with E-state index in [2.05, 4.69) is 72.7 Å². The van der Waals surface area contributed by atoms with Gasteiger partial charge in [-0.2, -0.15) is 0 Å². The number of fused-ring (bicyclic) bond motifs is 1. The van der Waals surface area contributed by atoms with Gasteiger partial charge in [-0.3, -0.25) is 0 Å². The van der Waals surface area contributed by atoms with Crippen molar-refractivity contribution in [2.24, 2.45) is 0 Å². The SMILES string of the molecule is Cc1ccc2sc([Si](F)(C(C)(C)C)C(C)(C)C)cc2c1. The zero-order valence-electron chi connectivity index (χ0n) is 13.6. The van der Waals surface area contributed by atoms with Crippen molar-refractivity contribution in [3.8, 4) is 0 Å². The summed E-state index contributed by atoms with van der Waals surface area (Å²) in [5, 5.41) is 0.579. The second-order valence-corrected chi connectivity index (χ2v) is 14.1. The summed E-state index contributed by atoms with van der Waals surface area (Å²) < 4.78 is 18.4. The summed E-state index contributed by atoms with van der Waals surface area (Å²) in [5.74, 6) is 0. The predicted molar refractivity (Wildman–Crippen MR) is 92.5 cm³/mol. The van der Waals surface area contributed by atoms with Crippen LogP contribution in [0.3, 0.4) is 0 Å². The summed E-state index contributed by atoms with van der Waals surface area (Å²) in [5.41, 5.74) is 1.24. The third-order valence-electron chi connectivity index (χ3n) is 4.08. The highest BCUT2D eigenvalue weighted by molar-refractivity contribution is 7.31. The van der Waals surface area contributed by atoms with Crippen LogP contribution < -0.4 is 4.50 Å². The Kier molecular flexibility index (Phi) is 3.67. The molecule has 2 aromatic rings. The number of hydrogen-bond donors (Lipinski definition) is 0. The van der Waals surface area contributed by atoms with Gasteiger partial charge in [-0.05, 0) is 34.5 Å². The molecule has 3 heteroatoms. The second-order valence-electron chi connectivity index (χ2n) is 7.81. The van der Waals surface area contributed by atoms with Gasteiger partial charge >= 0.3 is 0 Å². The van der Waals surface area contributed by atoms with E-state index in [-0.39, 0.29) is 10.1 Å². The van der Waals surface area contributed by atoms with Crippen molar-refractivity contribution in [2.45, 2.75) is 58.5 Å². The van der Waals surface area contributed by atoms with Crippen LogP contribution in [-0.2, 0) is 0 Å². The van der Waals surface area contributed by atoms with E-state index in [0.717, 1.165) is 4.50 Å². The van der Waals surface area contributed by atoms with Crippen molar-refractivity contribution in [3.05, 3.63) is 29.8 Å². The molecule has 1 aromatic heterocycles. The Morgan fingerprint density at radius 3 is 2.00 bits per heavy atom. The monoisotopic (exact) mass is 308 g/mol. The van der Waals surface area contributed by atoms with Gasteiger partial charge < -0.3 is 4.11 Å². The van der Waals surface area contributed by atoms with E-state index < -0.39 is 8.41 Å². The number of thiophene rings is 1. The Balaban J connectivity index is 2.70. The molecule has 0 bridgehead atoms. The van der Waals surface area contributed by atoms with Gasteiger partial charge in [0.05, 0.1) is 0 Å². The Hall–Kier alpha value is -0.673. The van der Waals surface area contributed by atoms with Gasteiger partial charge in [0.25, 0.3) is 8.41 Å². The molecule has 0 spiro atoms. The van der Waals surface area contributed by atoms with Gasteiger partial charge in [-0.1, -0.05) is 59.2 Å². The van der Waals surface area contributed by atoms with E-state index in [4.69, 9.17) is 0 Å². The van der Waals surface area contributed by atoms with Crippen molar-refractivity contribution in [2.75, 3.05) is 0 Å². The molecule has 20 heavy (non-hydrogen) atoms. The molecule has 0 unspecified atom stereocenters. The molecule has 0 aliphatic rings. The second kappa shape index (κ2) is 4.67. The summed E-state index contributed by atoms with van der Waals surface area (Å²) in [6.07, 6.45) is 0. The third kappa shape index (κ3) is 2.35. The minimum atomic E-state index is -3.11. The third-order valence-corrected chi connectivity index (χ3v) is 11.1. The summed E-state index contributed by atoms with van der Waals surface area (Å²) >= 11 is 1.65. The highest BCUT2D eigenvalue weighted by Gasteiger charge is 2.57. The number of hydrogen-bond acceptors (Lipinski definition) is 1. The highest BCUT2D eigenvalue weighted by atomic mass is 32.1. The van der Waals surface area contributed by atoms with Gasteiger partial charge in [0.1, 0.15) is 0 Å². The Morgan fingerprint density at radius 2 is 1.50 bits per heavy atom. The summed E-state index contributed by atoms with van der Waals surface area (Å²) in [6.45, 7) is 14.4. The average molecular weight is 309 g/mol. The lowest BCUT2D eigenvalue weighted by atomic mass is 10.2. The number of benzene rings is 1. The van der Waals surface area contributed by atoms with Crippen molar-refractivity contribution >= 4 is 34.3 Å². The van der Waals surface area contributed by atoms with Gasteiger partial charge in [0.15, 0.2) is 0 Å². The standard InChI is InChI=1S/C17H25FSSi/c1-12-8-9-14-13(10-12)11-15(19-14)20(18,16(2,3)4)17(5,6)7/h8-11H,1-7H3. The fourth-order valence-corrected chi connectivity index (χ4v) is 10.8. The fraction of sp³-hybridized carbons (Fsp3) is 0.529. The molecule has 1 aromatic carbocycles. The topological polar surface area (TPSA) is 0 Å². The summed E-state index contributed by atoms with van der Waals surface area (Å²) in [7, 11) is -3.11. The van der Waals surface area contributed by atoms with Crippen LogP contribution in [0.15, 0.2) is 24.3 Å². The van der Waals surface area contributed by atoms with Crippen molar-refractivity contribution in [1.29, 1.82) is 0 Å². The largest absolute Gasteiger partial charge is 0.306 e. The van der Waals surface area contributed by atoms with E-state index in [9.17, 15) is 0 Å². The van der Waals surface area contributed by atoms with Gasteiger partial charge in [0.2, 0.25) is 0 Å². The number of halogens is 1. The summed E-state index contributed by atoms with van der Waals surface area (Å²) in [4.78, 5) is 0. The maximum absolute atomic E-state index is 16.2. The molecular weight excluding hydrogens is 283 g/mol. The van der Waals surface area contributed by atoms with Gasteiger partial charge in [0, 0.05) is 9.20 Å². The molecule has 0 nitrogen and oxygen atoms in total. The van der Waals surface area contributed by atoms with Crippen molar-refractivity contribution < 1.29 is 4.11 Å². The Morgan fingerprint density at radius 1 is 0.950 bits per heavy atom. The van der Waals surface area contributed by atoms with Crippen LogP contribution in [0.25, 0.3) is 10.1 Å². The molecule has 0 N–H and O–H groups in total. The van der Waals surface area contributed by atoms with Crippen LogP contribution >= 0.6 is 11.3 Å². The normalized spacial score (nSPS) is 14.0. The molecule has 0 aliphatic carbocycles. The van der Waals surface area contributed by atoms with E-state index in [1.165, 1.54) is 15.6 Å². The number of aryl methyl sites for hydroxylation is 1. The van der Waals surface area contributed by atoms with E-state index in [0.29, 0.717) is 0 Å².